The minimum atomic E-state index is -2.08. The monoisotopic (exact) mass is 621 g/mol. The summed E-state index contributed by atoms with van der Waals surface area (Å²) in [5.41, 5.74) is -7.62. The van der Waals surface area contributed by atoms with E-state index in [1.807, 2.05) is 0 Å². The van der Waals surface area contributed by atoms with E-state index in [4.69, 9.17) is 4.74 Å². The van der Waals surface area contributed by atoms with Crippen molar-refractivity contribution in [3.8, 4) is 11.5 Å². The molecule has 0 saturated heterocycles. The summed E-state index contributed by atoms with van der Waals surface area (Å²) in [6.45, 7) is 2.71. The molecule has 0 fully saturated rings. The Kier molecular flexibility index (Phi) is 6.75. The van der Waals surface area contributed by atoms with Crippen LogP contribution in [-0.2, 0) is 11.8 Å². The van der Waals surface area contributed by atoms with E-state index in [0.29, 0.717) is 0 Å². The highest BCUT2D eigenvalue weighted by atomic mass is 16.5. The molecule has 1 aromatic heterocycles. The van der Waals surface area contributed by atoms with E-state index in [1.54, 1.807) is 0 Å². The third-order valence-electron chi connectivity index (χ3n) is 8.84. The number of rotatable bonds is 6. The smallest absolute Gasteiger partial charge is 0.259 e. The number of aryl methyl sites for hydroxylation is 1. The van der Waals surface area contributed by atoms with Crippen LogP contribution in [0, 0.1) is 10.4 Å². The van der Waals surface area contributed by atoms with Crippen molar-refractivity contribution in [1.82, 2.24) is 4.98 Å². The van der Waals surface area contributed by atoms with E-state index in [9.17, 15) is 59.7 Å². The average Bonchev–Trinajstić information content (AvgIpc) is 3.48. The lowest BCUT2D eigenvalue weighted by atomic mass is 9.78. The lowest BCUT2D eigenvalue weighted by Gasteiger charge is -2.27. The molecular formula is C31H27NO13. The Hall–Kier alpha value is -4.89. The second kappa shape index (κ2) is 10.1. The van der Waals surface area contributed by atoms with Crippen molar-refractivity contribution < 1.29 is 40.5 Å². The van der Waals surface area contributed by atoms with Gasteiger partial charge in [0.2, 0.25) is 16.3 Å². The number of hydrogen-bond acceptors (Lipinski definition) is 13. The zero-order valence-electron chi connectivity index (χ0n) is 23.7. The Morgan fingerprint density at radius 3 is 2.07 bits per heavy atom. The van der Waals surface area contributed by atoms with E-state index < -0.39 is 101 Å². The molecule has 0 radical (unpaired) electrons. The van der Waals surface area contributed by atoms with Gasteiger partial charge < -0.3 is 45.5 Å². The van der Waals surface area contributed by atoms with Crippen LogP contribution in [0.1, 0.15) is 43.2 Å². The number of phenolic OH excluding ortho intramolecular Hbond substituents is 1. The number of phenols is 1. The van der Waals surface area contributed by atoms with Crippen LogP contribution in [0.4, 0.5) is 0 Å². The van der Waals surface area contributed by atoms with Crippen LogP contribution >= 0.6 is 0 Å². The number of fused-ring (bicyclic) bond motifs is 4. The molecule has 14 nitrogen and oxygen atoms in total. The first-order chi connectivity index (χ1) is 21.2. The van der Waals surface area contributed by atoms with Gasteiger partial charge in [0.1, 0.15) is 41.0 Å². The third kappa shape index (κ3) is 3.86. The van der Waals surface area contributed by atoms with Gasteiger partial charge in [0.15, 0.2) is 11.2 Å². The molecule has 4 aliphatic rings. The lowest BCUT2D eigenvalue weighted by Crippen LogP contribution is -2.52. The lowest BCUT2D eigenvalue weighted by molar-refractivity contribution is -0.102. The van der Waals surface area contributed by atoms with Crippen LogP contribution in [0.5, 0.6) is 11.5 Å². The third-order valence-corrected chi connectivity index (χ3v) is 8.84. The number of benzene rings is 1. The number of pyridine rings is 1. The van der Waals surface area contributed by atoms with Crippen LogP contribution in [0.2, 0.25) is 0 Å². The van der Waals surface area contributed by atoms with Gasteiger partial charge in [-0.15, -0.1) is 0 Å². The molecule has 0 saturated carbocycles. The van der Waals surface area contributed by atoms with Gasteiger partial charge in [-0.05, 0) is 43.7 Å². The van der Waals surface area contributed by atoms with Crippen molar-refractivity contribution in [2.75, 3.05) is 6.61 Å². The maximum absolute atomic E-state index is 13.7. The van der Waals surface area contributed by atoms with Crippen molar-refractivity contribution in [1.29, 1.82) is 0 Å². The zero-order chi connectivity index (χ0) is 32.9. The first-order valence-electron chi connectivity index (χ1n) is 14.0. The molecule has 45 heavy (non-hydrogen) atoms. The highest BCUT2D eigenvalue weighted by molar-refractivity contribution is 5.94. The molecule has 234 valence electrons. The highest BCUT2D eigenvalue weighted by Crippen LogP contribution is 2.54. The fourth-order valence-electron chi connectivity index (χ4n) is 6.69. The summed E-state index contributed by atoms with van der Waals surface area (Å²) in [5, 5.41) is 71.7. The first-order valence-corrected chi connectivity index (χ1v) is 14.0. The van der Waals surface area contributed by atoms with Gasteiger partial charge in [0.05, 0.1) is 44.7 Å². The molecule has 14 heteroatoms. The average molecular weight is 622 g/mol. The summed E-state index contributed by atoms with van der Waals surface area (Å²) in [5.74, 6) is -2.87. The molecule has 5 atom stereocenters. The Labute approximate surface area is 249 Å². The molecule has 1 aromatic carbocycles. The van der Waals surface area contributed by atoms with Gasteiger partial charge in [-0.1, -0.05) is 6.07 Å². The Morgan fingerprint density at radius 2 is 1.47 bits per heavy atom. The summed E-state index contributed by atoms with van der Waals surface area (Å²) < 4.78 is 5.16. The predicted molar refractivity (Wildman–Crippen MR) is 157 cm³/mol. The second-order valence-electron chi connectivity index (χ2n) is 11.3. The molecular weight excluding hydrogens is 594 g/mol. The molecule has 4 aliphatic carbocycles. The molecule has 0 aliphatic heterocycles. The summed E-state index contributed by atoms with van der Waals surface area (Å²) in [7, 11) is 0. The fraction of sp³-hybridized carbons (Fsp3) is 0.323. The molecule has 2 aromatic rings. The minimum absolute atomic E-state index is 0.0212. The van der Waals surface area contributed by atoms with Crippen molar-refractivity contribution in [2.45, 2.75) is 56.5 Å². The van der Waals surface area contributed by atoms with Crippen molar-refractivity contribution in [2.24, 2.45) is 0 Å². The van der Waals surface area contributed by atoms with Crippen LogP contribution in [-0.4, -0.2) is 65.6 Å². The topological polar surface area (TPSA) is 252 Å². The molecule has 4 unspecified atom stereocenters. The van der Waals surface area contributed by atoms with Gasteiger partial charge in [0.25, 0.3) is 5.56 Å². The quantitative estimate of drug-likeness (QED) is 0.107. The number of aromatic nitrogens is 1. The van der Waals surface area contributed by atoms with Gasteiger partial charge in [-0.2, -0.15) is 0 Å². The van der Waals surface area contributed by atoms with Crippen molar-refractivity contribution in [3.63, 3.8) is 0 Å². The molecule has 0 amide bonds. The number of nitrogens with one attached hydrogen (secondary N) is 1. The van der Waals surface area contributed by atoms with E-state index in [0.717, 1.165) is 6.07 Å². The van der Waals surface area contributed by atoms with Crippen LogP contribution in [0.15, 0.2) is 42.2 Å². The zero-order valence-corrected chi connectivity index (χ0v) is 23.7. The predicted octanol–water partition coefficient (Wildman–Crippen LogP) is -2.96. The van der Waals surface area contributed by atoms with Crippen molar-refractivity contribution >= 4 is 22.3 Å². The van der Waals surface area contributed by atoms with Gasteiger partial charge in [-0.25, -0.2) is 0 Å². The number of ether oxygens (including phenoxy) is 1. The van der Waals surface area contributed by atoms with Crippen LogP contribution in [0.25, 0.3) is 22.3 Å². The number of aliphatic hydroxyl groups excluding tert-OH is 6. The molecule has 1 spiro atoms. The van der Waals surface area contributed by atoms with E-state index in [-0.39, 0.29) is 47.0 Å². The van der Waals surface area contributed by atoms with Gasteiger partial charge >= 0.3 is 0 Å². The minimum Gasteiger partial charge on any atom is -0.510 e. The summed E-state index contributed by atoms with van der Waals surface area (Å²) in [6.07, 6.45) is -7.09. The standard InChI is InChI=1S/C31H27NO13/c1-3-45-14-8-13(34)16-17(23(14)37)25(39)19-18(24(16)38)28(42)31(29(19)43)5-4-10-6-11-7-12(22(36)27(41)21(35)9(2)33)32-30(44)15(11)26(40)20(10)31/h6-9,21-22,27,33,35-36,40-43H,3-5H2,1-2H3,(H,32,44)/t9?,21?,22?,27?,31-/m1/s1. The van der Waals surface area contributed by atoms with Crippen LogP contribution < -0.4 is 42.4 Å². The number of hydrogen-bond donors (Lipinski definition) is 8. The highest BCUT2D eigenvalue weighted by Gasteiger charge is 2.53. The Morgan fingerprint density at radius 1 is 0.844 bits per heavy atom. The normalized spacial score (nSPS) is 20.0. The van der Waals surface area contributed by atoms with Crippen LogP contribution in [0.3, 0.4) is 0 Å². The number of aromatic hydroxyl groups is 1. The molecule has 8 N–H and O–H groups in total. The maximum atomic E-state index is 13.7. The summed E-state index contributed by atoms with van der Waals surface area (Å²) >= 11 is 0. The van der Waals surface area contributed by atoms with Gasteiger partial charge in [0, 0.05) is 11.6 Å². The van der Waals surface area contributed by atoms with E-state index in [1.165, 1.54) is 26.0 Å². The second-order valence-corrected chi connectivity index (χ2v) is 11.3. The van der Waals surface area contributed by atoms with Crippen molar-refractivity contribution in [3.05, 3.63) is 107 Å². The SMILES string of the molecule is CCOc1cc(=O)c2c(=O)c3c(c(=O)c=2c1=O)=C(O)[C@@]1(CCc2cc4cc(C(O)C(O)C(O)C(C)O)[nH]c(=O)c4c(O)c21)C=3O. The Balaban J connectivity index is 1.64. The fourth-order valence-corrected chi connectivity index (χ4v) is 6.69. The maximum Gasteiger partial charge on any atom is 0.259 e. The summed E-state index contributed by atoms with van der Waals surface area (Å²) in [4.78, 5) is 68.7. The Bertz CT molecular complexity index is 2420. The summed E-state index contributed by atoms with van der Waals surface area (Å²) in [6, 6.07) is 3.41. The molecule has 0 bridgehead atoms. The van der Waals surface area contributed by atoms with E-state index >= 15 is 0 Å². The first kappa shape index (κ1) is 30.1. The number of aliphatic hydroxyl groups is 6. The van der Waals surface area contributed by atoms with Gasteiger partial charge in [-0.3, -0.25) is 24.0 Å². The molecule has 6 rings (SSSR count). The number of aromatic amines is 1. The largest absolute Gasteiger partial charge is 0.510 e. The molecule has 1 heterocycles. The number of H-pyrrole nitrogens is 1. The van der Waals surface area contributed by atoms with E-state index in [2.05, 4.69) is 4.98 Å².